The van der Waals surface area contributed by atoms with Gasteiger partial charge in [-0.2, -0.15) is 0 Å². The van der Waals surface area contributed by atoms with E-state index in [2.05, 4.69) is 24.6 Å². The lowest BCUT2D eigenvalue weighted by molar-refractivity contribution is -0.136. The molecule has 1 aliphatic carbocycles. The van der Waals surface area contributed by atoms with Gasteiger partial charge in [0.15, 0.2) is 5.82 Å². The summed E-state index contributed by atoms with van der Waals surface area (Å²) in [4.78, 5) is 18.9. The molecule has 2 aromatic heterocycles. The van der Waals surface area contributed by atoms with Crippen molar-refractivity contribution < 1.29 is 4.79 Å². The van der Waals surface area contributed by atoms with Crippen LogP contribution in [0.3, 0.4) is 0 Å². The number of aromatic nitrogens is 5. The topological polar surface area (TPSA) is 68.8 Å². The third kappa shape index (κ3) is 3.32. The molecule has 1 atom stereocenters. The van der Waals surface area contributed by atoms with E-state index in [1.165, 1.54) is 12.8 Å². The summed E-state index contributed by atoms with van der Waals surface area (Å²) in [5.41, 5.74) is 0. The van der Waals surface area contributed by atoms with E-state index in [0.29, 0.717) is 12.5 Å². The quantitative estimate of drug-likeness (QED) is 0.852. The van der Waals surface area contributed by atoms with Crippen molar-refractivity contribution in [3.8, 4) is 0 Å². The number of imidazole rings is 1. The number of amides is 1. The van der Waals surface area contributed by atoms with Crippen LogP contribution in [0.4, 0.5) is 0 Å². The first-order valence-corrected chi connectivity index (χ1v) is 9.35. The van der Waals surface area contributed by atoms with E-state index in [9.17, 15) is 4.79 Å². The second kappa shape index (κ2) is 6.98. The van der Waals surface area contributed by atoms with Gasteiger partial charge in [0.25, 0.3) is 0 Å². The molecule has 0 bridgehead atoms. The lowest BCUT2D eigenvalue weighted by Crippen LogP contribution is -2.42. The van der Waals surface area contributed by atoms with Gasteiger partial charge in [0, 0.05) is 44.4 Å². The zero-order chi connectivity index (χ0) is 17.2. The SMILES string of the molecule is Cn1c(Cn2ccnc2)nnc1[C@H]1CCCN(C(=O)C2CCCC2)C1. The van der Waals surface area contributed by atoms with Crippen LogP contribution in [0.15, 0.2) is 18.7 Å². The fourth-order valence-corrected chi connectivity index (χ4v) is 4.23. The fraction of sp³-hybridized carbons (Fsp3) is 0.667. The van der Waals surface area contributed by atoms with Gasteiger partial charge in [0.2, 0.25) is 5.91 Å². The summed E-state index contributed by atoms with van der Waals surface area (Å²) < 4.78 is 4.08. The maximum atomic E-state index is 12.8. The van der Waals surface area contributed by atoms with E-state index >= 15 is 0 Å². The van der Waals surface area contributed by atoms with Gasteiger partial charge in [0.05, 0.1) is 12.9 Å². The number of rotatable bonds is 4. The van der Waals surface area contributed by atoms with Gasteiger partial charge in [-0.05, 0) is 25.7 Å². The van der Waals surface area contributed by atoms with Gasteiger partial charge in [-0.1, -0.05) is 12.8 Å². The number of piperidine rings is 1. The number of hydrogen-bond donors (Lipinski definition) is 0. The molecule has 0 N–H and O–H groups in total. The van der Waals surface area contributed by atoms with Crippen LogP contribution in [-0.4, -0.2) is 48.2 Å². The number of likely N-dealkylation sites (tertiary alicyclic amines) is 1. The molecule has 7 nitrogen and oxygen atoms in total. The van der Waals surface area contributed by atoms with Crippen LogP contribution in [-0.2, 0) is 18.4 Å². The molecule has 2 aliphatic rings. The summed E-state index contributed by atoms with van der Waals surface area (Å²) in [6.45, 7) is 2.35. The summed E-state index contributed by atoms with van der Waals surface area (Å²) in [6.07, 6.45) is 12.2. The van der Waals surface area contributed by atoms with Gasteiger partial charge in [0.1, 0.15) is 5.82 Å². The second-order valence-electron chi connectivity index (χ2n) is 7.37. The lowest BCUT2D eigenvalue weighted by atomic mass is 9.95. The highest BCUT2D eigenvalue weighted by atomic mass is 16.2. The van der Waals surface area contributed by atoms with Gasteiger partial charge >= 0.3 is 0 Å². The van der Waals surface area contributed by atoms with Gasteiger partial charge < -0.3 is 14.0 Å². The Morgan fingerprint density at radius 3 is 2.80 bits per heavy atom. The Bertz CT molecular complexity index is 716. The fourth-order valence-electron chi connectivity index (χ4n) is 4.23. The number of nitrogens with zero attached hydrogens (tertiary/aromatic N) is 6. The molecule has 1 saturated carbocycles. The third-order valence-electron chi connectivity index (χ3n) is 5.68. The molecule has 7 heteroatoms. The molecule has 2 aromatic rings. The van der Waals surface area contributed by atoms with Crippen LogP contribution in [0.5, 0.6) is 0 Å². The molecule has 1 saturated heterocycles. The van der Waals surface area contributed by atoms with E-state index in [0.717, 1.165) is 50.4 Å². The summed E-state index contributed by atoms with van der Waals surface area (Å²) >= 11 is 0. The highest BCUT2D eigenvalue weighted by molar-refractivity contribution is 5.79. The molecular weight excluding hydrogens is 316 g/mol. The zero-order valence-electron chi connectivity index (χ0n) is 14.8. The summed E-state index contributed by atoms with van der Waals surface area (Å²) in [5, 5.41) is 8.83. The first-order valence-electron chi connectivity index (χ1n) is 9.35. The maximum absolute atomic E-state index is 12.8. The van der Waals surface area contributed by atoms with E-state index in [1.54, 1.807) is 12.5 Å². The number of hydrogen-bond acceptors (Lipinski definition) is 4. The normalized spacial score (nSPS) is 21.8. The molecule has 0 radical (unpaired) electrons. The lowest BCUT2D eigenvalue weighted by Gasteiger charge is -2.33. The average Bonchev–Trinajstić information content (AvgIpc) is 3.38. The predicted molar refractivity (Wildman–Crippen MR) is 92.8 cm³/mol. The molecule has 2 fully saturated rings. The van der Waals surface area contributed by atoms with E-state index < -0.39 is 0 Å². The Morgan fingerprint density at radius 1 is 1.20 bits per heavy atom. The molecule has 1 aliphatic heterocycles. The maximum Gasteiger partial charge on any atom is 0.225 e. The van der Waals surface area contributed by atoms with Crippen LogP contribution in [0.1, 0.15) is 56.1 Å². The average molecular weight is 342 g/mol. The Hall–Kier alpha value is -2.18. The molecule has 1 amide bonds. The first kappa shape index (κ1) is 16.3. The number of carbonyl (C=O) groups excluding carboxylic acids is 1. The van der Waals surface area contributed by atoms with Gasteiger partial charge in [-0.15, -0.1) is 10.2 Å². The van der Waals surface area contributed by atoms with Crippen molar-refractivity contribution in [1.82, 2.24) is 29.2 Å². The van der Waals surface area contributed by atoms with Crippen molar-refractivity contribution in [1.29, 1.82) is 0 Å². The Morgan fingerprint density at radius 2 is 2.04 bits per heavy atom. The van der Waals surface area contributed by atoms with Crippen molar-refractivity contribution in [2.75, 3.05) is 13.1 Å². The molecule has 4 rings (SSSR count). The Labute approximate surface area is 148 Å². The Balaban J connectivity index is 1.46. The van der Waals surface area contributed by atoms with Crippen LogP contribution < -0.4 is 0 Å². The predicted octanol–water partition coefficient (Wildman–Crippen LogP) is 1.96. The summed E-state index contributed by atoms with van der Waals surface area (Å²) in [6, 6.07) is 0. The van der Waals surface area contributed by atoms with E-state index in [-0.39, 0.29) is 11.8 Å². The number of carbonyl (C=O) groups is 1. The third-order valence-corrected chi connectivity index (χ3v) is 5.68. The molecule has 0 unspecified atom stereocenters. The molecule has 134 valence electrons. The molecule has 0 spiro atoms. The molecule has 0 aromatic carbocycles. The van der Waals surface area contributed by atoms with Crippen LogP contribution in [0.2, 0.25) is 0 Å². The van der Waals surface area contributed by atoms with Crippen molar-refractivity contribution >= 4 is 5.91 Å². The largest absolute Gasteiger partial charge is 0.342 e. The minimum absolute atomic E-state index is 0.259. The van der Waals surface area contributed by atoms with Crippen LogP contribution in [0.25, 0.3) is 0 Å². The molecule has 25 heavy (non-hydrogen) atoms. The molecule has 3 heterocycles. The standard InChI is InChI=1S/C18H26N6O/c1-22-16(12-23-10-8-19-13-23)20-21-17(22)15-7-4-9-24(11-15)18(25)14-5-2-3-6-14/h8,10,13-15H,2-7,9,11-12H2,1H3/t15-/m0/s1. The van der Waals surface area contributed by atoms with Gasteiger partial charge in [-0.25, -0.2) is 4.98 Å². The van der Waals surface area contributed by atoms with Crippen molar-refractivity contribution in [3.05, 3.63) is 30.4 Å². The smallest absolute Gasteiger partial charge is 0.225 e. The minimum Gasteiger partial charge on any atom is -0.342 e. The van der Waals surface area contributed by atoms with Crippen molar-refractivity contribution in [2.45, 2.75) is 51.0 Å². The van der Waals surface area contributed by atoms with Crippen molar-refractivity contribution in [3.63, 3.8) is 0 Å². The highest BCUT2D eigenvalue weighted by Crippen LogP contribution is 2.31. The minimum atomic E-state index is 0.259. The first-order chi connectivity index (χ1) is 12.2. The summed E-state index contributed by atoms with van der Waals surface area (Å²) in [5.74, 6) is 2.83. The van der Waals surface area contributed by atoms with E-state index in [4.69, 9.17) is 0 Å². The van der Waals surface area contributed by atoms with Gasteiger partial charge in [-0.3, -0.25) is 4.79 Å². The van der Waals surface area contributed by atoms with Crippen molar-refractivity contribution in [2.24, 2.45) is 13.0 Å². The molecular formula is C18H26N6O. The highest BCUT2D eigenvalue weighted by Gasteiger charge is 2.32. The second-order valence-corrected chi connectivity index (χ2v) is 7.37. The van der Waals surface area contributed by atoms with Crippen LogP contribution in [0, 0.1) is 5.92 Å². The zero-order valence-corrected chi connectivity index (χ0v) is 14.8. The van der Waals surface area contributed by atoms with Crippen LogP contribution >= 0.6 is 0 Å². The van der Waals surface area contributed by atoms with E-state index in [1.807, 2.05) is 17.8 Å². The summed E-state index contributed by atoms with van der Waals surface area (Å²) in [7, 11) is 2.03. The monoisotopic (exact) mass is 342 g/mol. The Kier molecular flexibility index (Phi) is 4.55.